The topological polar surface area (TPSA) is 55.6 Å². The van der Waals surface area contributed by atoms with Gasteiger partial charge in [0.05, 0.1) is 6.61 Å². The first-order chi connectivity index (χ1) is 14.1. The number of hydrogen-bond donors (Lipinski definition) is 1. The summed E-state index contributed by atoms with van der Waals surface area (Å²) in [6.45, 7) is 1.09. The number of ether oxygens (including phenoxy) is 1. The van der Waals surface area contributed by atoms with E-state index >= 15 is 0 Å². The van der Waals surface area contributed by atoms with Crippen molar-refractivity contribution < 1.29 is 13.9 Å². The van der Waals surface area contributed by atoms with Gasteiger partial charge in [-0.15, -0.1) is 12.4 Å². The molecule has 0 bridgehead atoms. The van der Waals surface area contributed by atoms with Crippen LogP contribution >= 0.6 is 12.4 Å². The molecule has 0 saturated carbocycles. The number of fused-ring (bicyclic) bond motifs is 1. The SMILES string of the molecule is Cl.NC(C(=O)N(CCc1ccc(F)cc1)c1ccc2c(c1)OCC2)c1ccccc1. The van der Waals surface area contributed by atoms with Crippen LogP contribution in [0.15, 0.2) is 72.8 Å². The molecule has 156 valence electrons. The molecule has 4 nitrogen and oxygen atoms in total. The van der Waals surface area contributed by atoms with E-state index in [0.717, 1.165) is 34.5 Å². The predicted molar refractivity (Wildman–Crippen MR) is 119 cm³/mol. The van der Waals surface area contributed by atoms with Crippen molar-refractivity contribution in [2.45, 2.75) is 18.9 Å². The number of nitrogens with zero attached hydrogens (tertiary/aromatic N) is 1. The number of anilines is 1. The summed E-state index contributed by atoms with van der Waals surface area (Å²) in [6, 6.07) is 20.8. The minimum atomic E-state index is -0.765. The molecular formula is C24H24ClFN2O2. The third-order valence-corrected chi connectivity index (χ3v) is 5.22. The van der Waals surface area contributed by atoms with Gasteiger partial charge in [0.25, 0.3) is 0 Å². The molecule has 1 aliphatic rings. The molecule has 3 aromatic rings. The molecule has 0 saturated heterocycles. The Kier molecular flexibility index (Phi) is 7.08. The highest BCUT2D eigenvalue weighted by Crippen LogP contribution is 2.31. The fraction of sp³-hybridized carbons (Fsp3) is 0.208. The van der Waals surface area contributed by atoms with Crippen LogP contribution in [0.4, 0.5) is 10.1 Å². The van der Waals surface area contributed by atoms with E-state index < -0.39 is 6.04 Å². The minimum absolute atomic E-state index is 0. The van der Waals surface area contributed by atoms with Crippen LogP contribution in [-0.2, 0) is 17.6 Å². The second kappa shape index (κ2) is 9.74. The van der Waals surface area contributed by atoms with Crippen molar-refractivity contribution in [3.8, 4) is 5.75 Å². The molecule has 0 fully saturated rings. The third kappa shape index (κ3) is 4.81. The van der Waals surface area contributed by atoms with Gasteiger partial charge in [-0.1, -0.05) is 48.5 Å². The second-order valence-electron chi connectivity index (χ2n) is 7.15. The molecule has 6 heteroatoms. The van der Waals surface area contributed by atoms with Gasteiger partial charge < -0.3 is 15.4 Å². The molecule has 3 aromatic carbocycles. The van der Waals surface area contributed by atoms with Gasteiger partial charge in [-0.2, -0.15) is 0 Å². The molecule has 30 heavy (non-hydrogen) atoms. The maximum Gasteiger partial charge on any atom is 0.248 e. The number of carbonyl (C=O) groups excluding carboxylic acids is 1. The highest BCUT2D eigenvalue weighted by molar-refractivity contribution is 5.98. The molecule has 0 radical (unpaired) electrons. The fourth-order valence-electron chi connectivity index (χ4n) is 3.55. The summed E-state index contributed by atoms with van der Waals surface area (Å²) in [6.07, 6.45) is 1.47. The van der Waals surface area contributed by atoms with E-state index in [0.29, 0.717) is 19.6 Å². The average molecular weight is 427 g/mol. The van der Waals surface area contributed by atoms with Crippen molar-refractivity contribution in [3.05, 3.63) is 95.3 Å². The largest absolute Gasteiger partial charge is 0.493 e. The van der Waals surface area contributed by atoms with E-state index in [1.54, 1.807) is 17.0 Å². The van der Waals surface area contributed by atoms with E-state index in [2.05, 4.69) is 0 Å². The van der Waals surface area contributed by atoms with E-state index in [-0.39, 0.29) is 24.1 Å². The van der Waals surface area contributed by atoms with Crippen LogP contribution in [0, 0.1) is 5.82 Å². The molecule has 1 amide bonds. The molecule has 1 heterocycles. The Morgan fingerprint density at radius 2 is 1.80 bits per heavy atom. The van der Waals surface area contributed by atoms with Crippen molar-refractivity contribution in [1.82, 2.24) is 0 Å². The second-order valence-corrected chi connectivity index (χ2v) is 7.15. The van der Waals surface area contributed by atoms with Crippen LogP contribution in [0.5, 0.6) is 5.75 Å². The molecule has 1 aliphatic heterocycles. The Morgan fingerprint density at radius 1 is 1.07 bits per heavy atom. The Bertz CT molecular complexity index is 996. The minimum Gasteiger partial charge on any atom is -0.493 e. The molecule has 2 N–H and O–H groups in total. The molecule has 0 spiro atoms. The summed E-state index contributed by atoms with van der Waals surface area (Å²) in [5, 5.41) is 0. The zero-order chi connectivity index (χ0) is 20.2. The van der Waals surface area contributed by atoms with Gasteiger partial charge in [-0.25, -0.2) is 4.39 Å². The van der Waals surface area contributed by atoms with E-state index in [1.807, 2.05) is 48.5 Å². The van der Waals surface area contributed by atoms with Gasteiger partial charge in [0, 0.05) is 24.7 Å². The first-order valence-electron chi connectivity index (χ1n) is 9.74. The van der Waals surface area contributed by atoms with Crippen LogP contribution in [0.25, 0.3) is 0 Å². The van der Waals surface area contributed by atoms with Gasteiger partial charge in [-0.05, 0) is 41.3 Å². The van der Waals surface area contributed by atoms with Crippen LogP contribution in [0.2, 0.25) is 0 Å². The van der Waals surface area contributed by atoms with E-state index in [9.17, 15) is 9.18 Å². The zero-order valence-corrected chi connectivity index (χ0v) is 17.3. The smallest absolute Gasteiger partial charge is 0.248 e. The van der Waals surface area contributed by atoms with E-state index in [4.69, 9.17) is 10.5 Å². The predicted octanol–water partition coefficient (Wildman–Crippen LogP) is 4.46. The highest BCUT2D eigenvalue weighted by Gasteiger charge is 2.25. The number of carbonyl (C=O) groups is 1. The number of halogens is 2. The lowest BCUT2D eigenvalue weighted by Gasteiger charge is -2.26. The Hall–Kier alpha value is -2.89. The van der Waals surface area contributed by atoms with Gasteiger partial charge in [0.15, 0.2) is 0 Å². The molecule has 1 unspecified atom stereocenters. The van der Waals surface area contributed by atoms with Crippen molar-refractivity contribution in [1.29, 1.82) is 0 Å². The summed E-state index contributed by atoms with van der Waals surface area (Å²) in [5.74, 6) is 0.357. The Morgan fingerprint density at radius 3 is 2.53 bits per heavy atom. The maximum absolute atomic E-state index is 13.3. The number of benzene rings is 3. The van der Waals surface area contributed by atoms with Crippen LogP contribution < -0.4 is 15.4 Å². The van der Waals surface area contributed by atoms with Crippen molar-refractivity contribution in [2.75, 3.05) is 18.1 Å². The summed E-state index contributed by atoms with van der Waals surface area (Å²) in [4.78, 5) is 15.0. The van der Waals surface area contributed by atoms with Crippen LogP contribution in [0.1, 0.15) is 22.7 Å². The first kappa shape index (κ1) is 21.8. The summed E-state index contributed by atoms with van der Waals surface area (Å²) in [7, 11) is 0. The van der Waals surface area contributed by atoms with E-state index in [1.165, 1.54) is 12.1 Å². The molecule has 4 rings (SSSR count). The molecule has 0 aliphatic carbocycles. The van der Waals surface area contributed by atoms with Crippen molar-refractivity contribution in [2.24, 2.45) is 5.73 Å². The van der Waals surface area contributed by atoms with Gasteiger partial charge in [0.1, 0.15) is 17.6 Å². The monoisotopic (exact) mass is 426 g/mol. The third-order valence-electron chi connectivity index (χ3n) is 5.22. The Balaban J connectivity index is 0.00000256. The number of nitrogens with two attached hydrogens (primary N) is 1. The standard InChI is InChI=1S/C24H23FN2O2.ClH/c25-20-9-6-17(7-10-20)12-14-27(21-11-8-18-13-15-29-22(18)16-21)24(28)23(26)19-4-2-1-3-5-19;/h1-11,16,23H,12-15,26H2;1H. The maximum atomic E-state index is 13.3. The normalized spacial score (nSPS) is 13.0. The first-order valence-corrected chi connectivity index (χ1v) is 9.74. The van der Waals surface area contributed by atoms with Crippen LogP contribution in [0.3, 0.4) is 0 Å². The lowest BCUT2D eigenvalue weighted by molar-refractivity contribution is -0.120. The summed E-state index contributed by atoms with van der Waals surface area (Å²) >= 11 is 0. The van der Waals surface area contributed by atoms with Gasteiger partial charge in [0.2, 0.25) is 5.91 Å². The number of amides is 1. The highest BCUT2D eigenvalue weighted by atomic mass is 35.5. The molecule has 1 atom stereocenters. The molecule has 0 aromatic heterocycles. The Labute approximate surface area is 181 Å². The van der Waals surface area contributed by atoms with Gasteiger partial charge in [-0.3, -0.25) is 4.79 Å². The lowest BCUT2D eigenvalue weighted by Crippen LogP contribution is -2.40. The average Bonchev–Trinajstić information content (AvgIpc) is 3.23. The quantitative estimate of drug-likeness (QED) is 0.633. The van der Waals surface area contributed by atoms with Crippen LogP contribution in [-0.4, -0.2) is 19.1 Å². The van der Waals surface area contributed by atoms with Crippen molar-refractivity contribution in [3.63, 3.8) is 0 Å². The molecular weight excluding hydrogens is 403 g/mol. The summed E-state index contributed by atoms with van der Waals surface area (Å²) < 4.78 is 18.9. The number of rotatable bonds is 6. The lowest BCUT2D eigenvalue weighted by atomic mass is 10.0. The fourth-order valence-corrected chi connectivity index (χ4v) is 3.55. The number of hydrogen-bond acceptors (Lipinski definition) is 3. The van der Waals surface area contributed by atoms with Crippen molar-refractivity contribution >= 4 is 24.0 Å². The van der Waals surface area contributed by atoms with Gasteiger partial charge >= 0.3 is 0 Å². The zero-order valence-electron chi connectivity index (χ0n) is 16.5. The summed E-state index contributed by atoms with van der Waals surface area (Å²) in [5.41, 5.74) is 9.92.